The molecule has 0 unspecified atom stereocenters. The third-order valence-corrected chi connectivity index (χ3v) is 2.69. The van der Waals surface area contributed by atoms with Crippen LogP contribution in [0.4, 0.5) is 4.79 Å². The number of aliphatic carboxylic acids is 1. The number of nitrogens with one attached hydrogen (secondary N) is 2. The molecule has 18 heavy (non-hydrogen) atoms. The molecule has 0 aliphatic rings. The molecular formula is C12H24N2O4. The minimum Gasteiger partial charge on any atom is -0.481 e. The summed E-state index contributed by atoms with van der Waals surface area (Å²) >= 11 is 0. The maximum Gasteiger partial charge on any atom is 0.314 e. The third kappa shape index (κ3) is 9.89. The molecular weight excluding hydrogens is 236 g/mol. The van der Waals surface area contributed by atoms with Crippen molar-refractivity contribution in [3.05, 3.63) is 0 Å². The zero-order valence-corrected chi connectivity index (χ0v) is 11.4. The van der Waals surface area contributed by atoms with Crippen molar-refractivity contribution in [2.75, 3.05) is 26.8 Å². The van der Waals surface area contributed by atoms with Crippen LogP contribution in [-0.4, -0.2) is 43.9 Å². The van der Waals surface area contributed by atoms with E-state index in [1.165, 1.54) is 0 Å². The second kappa shape index (κ2) is 8.74. The van der Waals surface area contributed by atoms with E-state index in [4.69, 9.17) is 9.84 Å². The molecule has 0 fully saturated rings. The predicted molar refractivity (Wildman–Crippen MR) is 68.5 cm³/mol. The number of methoxy groups -OCH3 is 1. The van der Waals surface area contributed by atoms with E-state index in [9.17, 15) is 9.59 Å². The zero-order chi connectivity index (χ0) is 14.0. The Bertz CT molecular complexity index is 267. The van der Waals surface area contributed by atoms with Crippen LogP contribution in [0.3, 0.4) is 0 Å². The van der Waals surface area contributed by atoms with Gasteiger partial charge in [-0.1, -0.05) is 13.8 Å². The van der Waals surface area contributed by atoms with Gasteiger partial charge in [0.25, 0.3) is 0 Å². The van der Waals surface area contributed by atoms with Crippen molar-refractivity contribution in [1.82, 2.24) is 10.6 Å². The third-order valence-electron chi connectivity index (χ3n) is 2.69. The van der Waals surface area contributed by atoms with E-state index in [1.807, 2.05) is 13.8 Å². The molecule has 2 amide bonds. The molecule has 0 rings (SSSR count). The molecule has 0 aliphatic carbocycles. The van der Waals surface area contributed by atoms with Crippen molar-refractivity contribution in [2.45, 2.75) is 33.1 Å². The van der Waals surface area contributed by atoms with E-state index in [0.29, 0.717) is 26.1 Å². The standard InChI is InChI=1S/C12H24N2O4/c1-12(2,5-4-10(15)16)6-7-13-11(17)14-8-9-18-3/h4-9H2,1-3H3,(H,15,16)(H2,13,14,17). The van der Waals surface area contributed by atoms with Crippen molar-refractivity contribution in [3.63, 3.8) is 0 Å². The van der Waals surface area contributed by atoms with E-state index in [1.54, 1.807) is 7.11 Å². The van der Waals surface area contributed by atoms with Gasteiger partial charge in [-0.2, -0.15) is 0 Å². The predicted octanol–water partition coefficient (Wildman–Crippen LogP) is 1.21. The minimum absolute atomic E-state index is 0.0851. The Kier molecular flexibility index (Phi) is 8.11. The lowest BCUT2D eigenvalue weighted by molar-refractivity contribution is -0.137. The number of hydrogen-bond donors (Lipinski definition) is 3. The first-order valence-electron chi connectivity index (χ1n) is 6.10. The normalized spacial score (nSPS) is 11.1. The van der Waals surface area contributed by atoms with Crippen LogP contribution in [0.1, 0.15) is 33.1 Å². The monoisotopic (exact) mass is 260 g/mol. The van der Waals surface area contributed by atoms with E-state index in [0.717, 1.165) is 6.42 Å². The van der Waals surface area contributed by atoms with Gasteiger partial charge in [-0.05, 0) is 18.3 Å². The van der Waals surface area contributed by atoms with Gasteiger partial charge in [0.05, 0.1) is 6.61 Å². The Morgan fingerprint density at radius 3 is 2.33 bits per heavy atom. The van der Waals surface area contributed by atoms with E-state index in [-0.39, 0.29) is 17.9 Å². The number of rotatable bonds is 9. The number of carboxylic acid groups (broad SMARTS) is 1. The molecule has 0 atom stereocenters. The van der Waals surface area contributed by atoms with Gasteiger partial charge in [0.15, 0.2) is 0 Å². The van der Waals surface area contributed by atoms with Gasteiger partial charge in [-0.25, -0.2) is 4.79 Å². The number of urea groups is 1. The summed E-state index contributed by atoms with van der Waals surface area (Å²) in [5.41, 5.74) is -0.0851. The van der Waals surface area contributed by atoms with Gasteiger partial charge in [0.2, 0.25) is 0 Å². The molecule has 0 saturated carbocycles. The topological polar surface area (TPSA) is 87.7 Å². The largest absolute Gasteiger partial charge is 0.481 e. The van der Waals surface area contributed by atoms with Crippen LogP contribution in [0.2, 0.25) is 0 Å². The molecule has 0 aromatic heterocycles. The summed E-state index contributed by atoms with van der Waals surface area (Å²) in [4.78, 5) is 21.8. The summed E-state index contributed by atoms with van der Waals surface area (Å²) in [5.74, 6) is -0.784. The first kappa shape index (κ1) is 16.7. The Morgan fingerprint density at radius 1 is 1.17 bits per heavy atom. The second-order valence-electron chi connectivity index (χ2n) is 4.98. The van der Waals surface area contributed by atoms with Gasteiger partial charge < -0.3 is 20.5 Å². The molecule has 106 valence electrons. The van der Waals surface area contributed by atoms with Gasteiger partial charge in [-0.15, -0.1) is 0 Å². The first-order chi connectivity index (χ1) is 8.37. The van der Waals surface area contributed by atoms with Crippen molar-refractivity contribution < 1.29 is 19.4 Å². The Morgan fingerprint density at radius 2 is 1.78 bits per heavy atom. The first-order valence-corrected chi connectivity index (χ1v) is 6.10. The average molecular weight is 260 g/mol. The van der Waals surface area contributed by atoms with Gasteiger partial charge in [0.1, 0.15) is 0 Å². The highest BCUT2D eigenvalue weighted by Crippen LogP contribution is 2.25. The van der Waals surface area contributed by atoms with Crippen LogP contribution in [0.15, 0.2) is 0 Å². The van der Waals surface area contributed by atoms with Crippen LogP contribution in [-0.2, 0) is 9.53 Å². The molecule has 0 heterocycles. The van der Waals surface area contributed by atoms with Crippen LogP contribution in [0.5, 0.6) is 0 Å². The Balaban J connectivity index is 3.68. The van der Waals surface area contributed by atoms with Gasteiger partial charge in [-0.3, -0.25) is 4.79 Å². The average Bonchev–Trinajstić information content (AvgIpc) is 2.27. The van der Waals surface area contributed by atoms with Crippen molar-refractivity contribution in [2.24, 2.45) is 5.41 Å². The van der Waals surface area contributed by atoms with E-state index < -0.39 is 5.97 Å². The lowest BCUT2D eigenvalue weighted by atomic mass is 9.84. The number of ether oxygens (including phenoxy) is 1. The zero-order valence-electron chi connectivity index (χ0n) is 11.4. The second-order valence-corrected chi connectivity index (χ2v) is 4.98. The lowest BCUT2D eigenvalue weighted by Gasteiger charge is -2.23. The van der Waals surface area contributed by atoms with Crippen molar-refractivity contribution >= 4 is 12.0 Å². The number of amides is 2. The summed E-state index contributed by atoms with van der Waals surface area (Å²) in [7, 11) is 1.57. The summed E-state index contributed by atoms with van der Waals surface area (Å²) < 4.78 is 4.81. The maximum atomic E-state index is 11.3. The number of carbonyl (C=O) groups excluding carboxylic acids is 1. The summed E-state index contributed by atoms with van der Waals surface area (Å²) in [6.07, 6.45) is 1.51. The summed E-state index contributed by atoms with van der Waals surface area (Å²) in [5, 5.41) is 14.0. The number of hydrogen-bond acceptors (Lipinski definition) is 3. The molecule has 6 nitrogen and oxygen atoms in total. The molecule has 0 spiro atoms. The Hall–Kier alpha value is -1.30. The fourth-order valence-electron chi connectivity index (χ4n) is 1.41. The van der Waals surface area contributed by atoms with Gasteiger partial charge >= 0.3 is 12.0 Å². The molecule has 0 aliphatic heterocycles. The van der Waals surface area contributed by atoms with Crippen LogP contribution >= 0.6 is 0 Å². The Labute approximate surface area is 108 Å². The highest BCUT2D eigenvalue weighted by atomic mass is 16.5. The summed E-state index contributed by atoms with van der Waals surface area (Å²) in [6.45, 7) is 5.49. The molecule has 0 bridgehead atoms. The van der Waals surface area contributed by atoms with E-state index in [2.05, 4.69) is 10.6 Å². The number of carbonyl (C=O) groups is 2. The molecule has 0 aromatic rings. The maximum absolute atomic E-state index is 11.3. The van der Waals surface area contributed by atoms with Gasteiger partial charge in [0, 0.05) is 26.6 Å². The molecule has 0 saturated heterocycles. The fraction of sp³-hybridized carbons (Fsp3) is 0.833. The minimum atomic E-state index is -0.784. The van der Waals surface area contributed by atoms with Crippen LogP contribution < -0.4 is 10.6 Å². The highest BCUT2D eigenvalue weighted by Gasteiger charge is 2.19. The summed E-state index contributed by atoms with van der Waals surface area (Å²) in [6, 6.07) is -0.221. The smallest absolute Gasteiger partial charge is 0.314 e. The van der Waals surface area contributed by atoms with E-state index >= 15 is 0 Å². The molecule has 3 N–H and O–H groups in total. The molecule has 0 aromatic carbocycles. The fourth-order valence-corrected chi connectivity index (χ4v) is 1.41. The quantitative estimate of drug-likeness (QED) is 0.544. The van der Waals surface area contributed by atoms with Crippen LogP contribution in [0, 0.1) is 5.41 Å². The molecule has 0 radical (unpaired) electrons. The van der Waals surface area contributed by atoms with Crippen LogP contribution in [0.25, 0.3) is 0 Å². The highest BCUT2D eigenvalue weighted by molar-refractivity contribution is 5.73. The number of carboxylic acids is 1. The SMILES string of the molecule is COCCNC(=O)NCCC(C)(C)CCC(=O)O. The van der Waals surface area contributed by atoms with Crippen molar-refractivity contribution in [1.29, 1.82) is 0 Å². The van der Waals surface area contributed by atoms with Crippen molar-refractivity contribution in [3.8, 4) is 0 Å². The molecule has 6 heteroatoms. The lowest BCUT2D eigenvalue weighted by Crippen LogP contribution is -2.38.